The fraction of sp³-hybridized carbons (Fsp3) is 0.625. The van der Waals surface area contributed by atoms with E-state index in [2.05, 4.69) is 13.5 Å². The third-order valence-corrected chi connectivity index (χ3v) is 1.12. The maximum absolute atomic E-state index is 9.12. The number of hydrogen-bond donors (Lipinski definition) is 1. The van der Waals surface area contributed by atoms with Crippen molar-refractivity contribution in [3.05, 3.63) is 19.1 Å². The Morgan fingerprint density at radius 3 is 2.56 bits per heavy atom. The zero-order valence-electron chi connectivity index (χ0n) is 6.06. The highest BCUT2D eigenvalue weighted by Gasteiger charge is 2.00. The molecule has 0 saturated heterocycles. The van der Waals surface area contributed by atoms with Crippen molar-refractivity contribution in [2.24, 2.45) is 0 Å². The van der Waals surface area contributed by atoms with Crippen LogP contribution in [0.2, 0.25) is 0 Å². The van der Waals surface area contributed by atoms with Gasteiger partial charge in [0.2, 0.25) is 0 Å². The molecular weight excluding hydrogens is 112 g/mol. The summed E-state index contributed by atoms with van der Waals surface area (Å²) in [5.74, 6) is 0. The zero-order valence-corrected chi connectivity index (χ0v) is 6.06. The first-order valence-corrected chi connectivity index (χ1v) is 3.28. The van der Waals surface area contributed by atoms with Crippen LogP contribution < -0.4 is 0 Å². The van der Waals surface area contributed by atoms with Gasteiger partial charge >= 0.3 is 0 Å². The van der Waals surface area contributed by atoms with E-state index in [4.69, 9.17) is 5.11 Å². The molecule has 1 unspecified atom stereocenters. The van der Waals surface area contributed by atoms with E-state index in [1.807, 2.05) is 6.92 Å². The average molecular weight is 127 g/mol. The average Bonchev–Trinajstić information content (AvgIpc) is 1.63. The van der Waals surface area contributed by atoms with Crippen molar-refractivity contribution in [2.75, 3.05) is 0 Å². The second kappa shape index (κ2) is 4.57. The number of hydrogen-bond acceptors (Lipinski definition) is 1. The Kier molecular flexibility index (Phi) is 4.41. The van der Waals surface area contributed by atoms with Crippen LogP contribution in [0.25, 0.3) is 0 Å². The number of aliphatic hydroxyl groups excluding tert-OH is 1. The fourth-order valence-corrected chi connectivity index (χ4v) is 0.740. The van der Waals surface area contributed by atoms with E-state index in [-0.39, 0.29) is 6.10 Å². The van der Waals surface area contributed by atoms with Crippen molar-refractivity contribution in [3.8, 4) is 0 Å². The van der Waals surface area contributed by atoms with Crippen LogP contribution in [0.1, 0.15) is 26.2 Å². The molecular formula is C8H15O. The summed E-state index contributed by atoms with van der Waals surface area (Å²) in [5.41, 5.74) is 1.04. The molecule has 1 nitrogen and oxygen atoms in total. The second-order valence-electron chi connectivity index (χ2n) is 2.46. The Morgan fingerprint density at radius 2 is 2.22 bits per heavy atom. The topological polar surface area (TPSA) is 20.2 Å². The Bertz CT molecular complexity index is 86.6. The molecule has 0 spiro atoms. The molecule has 0 heterocycles. The van der Waals surface area contributed by atoms with Gasteiger partial charge in [-0.1, -0.05) is 18.9 Å². The van der Waals surface area contributed by atoms with Gasteiger partial charge in [-0.3, -0.25) is 0 Å². The van der Waals surface area contributed by atoms with Gasteiger partial charge in [0.25, 0.3) is 0 Å². The summed E-state index contributed by atoms with van der Waals surface area (Å²) < 4.78 is 0. The Balaban J connectivity index is 3.26. The summed E-state index contributed by atoms with van der Waals surface area (Å²) in [7, 11) is 0. The number of aliphatic hydroxyl groups is 1. The molecule has 1 atom stereocenters. The van der Waals surface area contributed by atoms with Crippen LogP contribution in [-0.4, -0.2) is 11.2 Å². The van der Waals surface area contributed by atoms with E-state index < -0.39 is 0 Å². The molecule has 0 amide bonds. The van der Waals surface area contributed by atoms with Gasteiger partial charge in [0, 0.05) is 0 Å². The molecule has 1 N–H and O–H groups in total. The quantitative estimate of drug-likeness (QED) is 0.572. The molecule has 0 fully saturated rings. The SMILES string of the molecule is [CH2]CCC(O)CC(=C)C. The van der Waals surface area contributed by atoms with Gasteiger partial charge in [-0.05, 0) is 19.8 Å². The lowest BCUT2D eigenvalue weighted by Gasteiger charge is -2.06. The van der Waals surface area contributed by atoms with Crippen molar-refractivity contribution in [2.45, 2.75) is 32.3 Å². The third-order valence-electron chi connectivity index (χ3n) is 1.12. The van der Waals surface area contributed by atoms with Gasteiger partial charge < -0.3 is 5.11 Å². The van der Waals surface area contributed by atoms with E-state index >= 15 is 0 Å². The molecule has 9 heavy (non-hydrogen) atoms. The number of rotatable bonds is 4. The van der Waals surface area contributed by atoms with E-state index in [0.29, 0.717) is 0 Å². The lowest BCUT2D eigenvalue weighted by Crippen LogP contribution is -2.05. The van der Waals surface area contributed by atoms with Crippen LogP contribution in [0.3, 0.4) is 0 Å². The maximum atomic E-state index is 9.12. The Morgan fingerprint density at radius 1 is 1.67 bits per heavy atom. The van der Waals surface area contributed by atoms with Gasteiger partial charge in [-0.2, -0.15) is 0 Å². The molecule has 0 aromatic heterocycles. The predicted octanol–water partition coefficient (Wildman–Crippen LogP) is 1.93. The molecule has 0 aliphatic rings. The van der Waals surface area contributed by atoms with E-state index in [1.54, 1.807) is 0 Å². The van der Waals surface area contributed by atoms with E-state index in [1.165, 1.54) is 0 Å². The van der Waals surface area contributed by atoms with Crippen molar-refractivity contribution in [1.82, 2.24) is 0 Å². The highest BCUT2D eigenvalue weighted by Crippen LogP contribution is 2.06. The van der Waals surface area contributed by atoms with Crippen LogP contribution >= 0.6 is 0 Å². The normalized spacial score (nSPS) is 13.2. The van der Waals surface area contributed by atoms with E-state index in [0.717, 1.165) is 24.8 Å². The smallest absolute Gasteiger partial charge is 0.0577 e. The standard InChI is InChI=1S/C8H15O/c1-4-5-8(9)6-7(2)3/h8-9H,1-2,4-6H2,3H3. The molecule has 0 aromatic carbocycles. The van der Waals surface area contributed by atoms with Crippen LogP contribution in [0.4, 0.5) is 0 Å². The van der Waals surface area contributed by atoms with Crippen LogP contribution in [0.5, 0.6) is 0 Å². The molecule has 0 aliphatic carbocycles. The van der Waals surface area contributed by atoms with Crippen molar-refractivity contribution in [1.29, 1.82) is 0 Å². The first-order chi connectivity index (χ1) is 4.16. The third kappa shape index (κ3) is 5.57. The van der Waals surface area contributed by atoms with Crippen molar-refractivity contribution < 1.29 is 5.11 Å². The molecule has 0 aromatic rings. The molecule has 0 bridgehead atoms. The highest BCUT2D eigenvalue weighted by atomic mass is 16.3. The van der Waals surface area contributed by atoms with Crippen molar-refractivity contribution >= 4 is 0 Å². The predicted molar refractivity (Wildman–Crippen MR) is 40.0 cm³/mol. The highest BCUT2D eigenvalue weighted by molar-refractivity contribution is 4.90. The summed E-state index contributed by atoms with van der Waals surface area (Å²) in [5, 5.41) is 9.12. The first-order valence-electron chi connectivity index (χ1n) is 3.28. The first kappa shape index (κ1) is 8.70. The minimum atomic E-state index is -0.222. The minimum Gasteiger partial charge on any atom is -0.393 e. The molecule has 1 heteroatoms. The lowest BCUT2D eigenvalue weighted by molar-refractivity contribution is 0.166. The van der Waals surface area contributed by atoms with Crippen LogP contribution in [-0.2, 0) is 0 Å². The van der Waals surface area contributed by atoms with Gasteiger partial charge in [0.15, 0.2) is 0 Å². The van der Waals surface area contributed by atoms with Crippen molar-refractivity contribution in [3.63, 3.8) is 0 Å². The monoisotopic (exact) mass is 127 g/mol. The molecule has 0 aliphatic heterocycles. The molecule has 53 valence electrons. The lowest BCUT2D eigenvalue weighted by atomic mass is 10.1. The van der Waals surface area contributed by atoms with E-state index in [9.17, 15) is 0 Å². The molecule has 0 rings (SSSR count). The van der Waals surface area contributed by atoms with Crippen LogP contribution in [0.15, 0.2) is 12.2 Å². The van der Waals surface area contributed by atoms with Crippen LogP contribution in [0, 0.1) is 6.92 Å². The van der Waals surface area contributed by atoms with Gasteiger partial charge in [-0.25, -0.2) is 0 Å². The zero-order chi connectivity index (χ0) is 7.28. The summed E-state index contributed by atoms with van der Waals surface area (Å²) >= 11 is 0. The van der Waals surface area contributed by atoms with Gasteiger partial charge in [0.1, 0.15) is 0 Å². The second-order valence-corrected chi connectivity index (χ2v) is 2.46. The minimum absolute atomic E-state index is 0.222. The Labute approximate surface area is 57.4 Å². The largest absolute Gasteiger partial charge is 0.393 e. The summed E-state index contributed by atoms with van der Waals surface area (Å²) in [4.78, 5) is 0. The summed E-state index contributed by atoms with van der Waals surface area (Å²) in [6, 6.07) is 0. The molecule has 0 saturated carbocycles. The summed E-state index contributed by atoms with van der Waals surface area (Å²) in [6.45, 7) is 9.26. The van der Waals surface area contributed by atoms with Gasteiger partial charge in [0.05, 0.1) is 6.10 Å². The Hall–Kier alpha value is -0.300. The molecule has 1 radical (unpaired) electrons. The maximum Gasteiger partial charge on any atom is 0.0577 e. The van der Waals surface area contributed by atoms with Gasteiger partial charge in [-0.15, -0.1) is 6.58 Å². The summed E-state index contributed by atoms with van der Waals surface area (Å²) in [6.07, 6.45) is 2.08. The fourth-order valence-electron chi connectivity index (χ4n) is 0.740.